The minimum Gasteiger partial charge on any atom is -0.315 e. The molecule has 0 saturated heterocycles. The Balaban J connectivity index is 2.61. The van der Waals surface area contributed by atoms with Crippen molar-refractivity contribution in [3.05, 3.63) is 0 Å². The van der Waals surface area contributed by atoms with Gasteiger partial charge in [-0.05, 0) is 39.3 Å². The molecule has 108 valence electrons. The van der Waals surface area contributed by atoms with Gasteiger partial charge in [-0.15, -0.1) is 0 Å². The zero-order valence-electron chi connectivity index (χ0n) is 11.6. The Labute approximate surface area is 108 Å². The van der Waals surface area contributed by atoms with Crippen LogP contribution in [-0.2, 0) is 0 Å². The lowest BCUT2D eigenvalue weighted by molar-refractivity contribution is -0.150. The summed E-state index contributed by atoms with van der Waals surface area (Å²) in [5, 5.41) is 3.17. The highest BCUT2D eigenvalue weighted by Gasteiger charge is 2.37. The van der Waals surface area contributed by atoms with Gasteiger partial charge in [-0.3, -0.25) is 4.90 Å². The van der Waals surface area contributed by atoms with Crippen molar-refractivity contribution in [1.29, 1.82) is 0 Å². The minimum absolute atomic E-state index is 0.00178. The first kappa shape index (κ1) is 15.8. The highest BCUT2D eigenvalue weighted by Crippen LogP contribution is 2.31. The molecule has 3 unspecified atom stereocenters. The lowest BCUT2D eigenvalue weighted by atomic mass is 9.79. The number of nitrogens with one attached hydrogen (secondary N) is 1. The number of halogens is 3. The Hall–Kier alpha value is -0.290. The van der Waals surface area contributed by atoms with Crippen LogP contribution in [0.5, 0.6) is 0 Å². The van der Waals surface area contributed by atoms with Gasteiger partial charge in [0.2, 0.25) is 0 Å². The van der Waals surface area contributed by atoms with E-state index in [9.17, 15) is 13.2 Å². The van der Waals surface area contributed by atoms with Gasteiger partial charge in [-0.2, -0.15) is 13.2 Å². The standard InChI is InChI=1S/C13H25F3N2/c1-4-5-10-6-7-11(17-2)12(8-10)18(3)9-13(14,15)16/h10-12,17H,4-9H2,1-3H3. The molecule has 1 N–H and O–H groups in total. The van der Waals surface area contributed by atoms with E-state index in [4.69, 9.17) is 0 Å². The van der Waals surface area contributed by atoms with E-state index in [1.165, 1.54) is 4.90 Å². The first-order valence-electron chi connectivity index (χ1n) is 6.81. The van der Waals surface area contributed by atoms with Crippen LogP contribution in [0.4, 0.5) is 13.2 Å². The molecule has 1 aliphatic carbocycles. The van der Waals surface area contributed by atoms with E-state index >= 15 is 0 Å². The predicted octanol–water partition coefficient (Wildman–Crippen LogP) is 3.04. The quantitative estimate of drug-likeness (QED) is 0.823. The average Bonchev–Trinajstić information content (AvgIpc) is 2.27. The minimum atomic E-state index is -4.11. The van der Waals surface area contributed by atoms with E-state index in [0.29, 0.717) is 5.92 Å². The van der Waals surface area contributed by atoms with Crippen molar-refractivity contribution >= 4 is 0 Å². The molecule has 5 heteroatoms. The van der Waals surface area contributed by atoms with E-state index in [1.54, 1.807) is 7.05 Å². The molecular formula is C13H25F3N2. The van der Waals surface area contributed by atoms with Crippen molar-refractivity contribution in [2.45, 2.75) is 57.3 Å². The molecule has 18 heavy (non-hydrogen) atoms. The second kappa shape index (κ2) is 6.75. The van der Waals surface area contributed by atoms with Crippen molar-refractivity contribution in [2.24, 2.45) is 5.92 Å². The van der Waals surface area contributed by atoms with Crippen LogP contribution in [0.1, 0.15) is 39.0 Å². The van der Waals surface area contributed by atoms with Gasteiger partial charge >= 0.3 is 6.18 Å². The summed E-state index contributed by atoms with van der Waals surface area (Å²) in [7, 11) is 3.44. The van der Waals surface area contributed by atoms with Gasteiger partial charge in [0, 0.05) is 12.1 Å². The van der Waals surface area contributed by atoms with Crippen LogP contribution >= 0.6 is 0 Å². The number of alkyl halides is 3. The SMILES string of the molecule is CCCC1CCC(NC)C(N(C)CC(F)(F)F)C1. The van der Waals surface area contributed by atoms with Crippen LogP contribution < -0.4 is 5.32 Å². The van der Waals surface area contributed by atoms with Gasteiger partial charge in [0.15, 0.2) is 0 Å². The second-order valence-electron chi connectivity index (χ2n) is 5.46. The predicted molar refractivity (Wildman–Crippen MR) is 67.6 cm³/mol. The topological polar surface area (TPSA) is 15.3 Å². The van der Waals surface area contributed by atoms with Crippen molar-refractivity contribution < 1.29 is 13.2 Å². The molecule has 0 aromatic carbocycles. The van der Waals surface area contributed by atoms with Gasteiger partial charge in [0.1, 0.15) is 0 Å². The van der Waals surface area contributed by atoms with E-state index < -0.39 is 12.7 Å². The highest BCUT2D eigenvalue weighted by molar-refractivity contribution is 4.90. The Bertz CT molecular complexity index is 243. The summed E-state index contributed by atoms with van der Waals surface area (Å²) in [6.45, 7) is 1.33. The fourth-order valence-corrected chi connectivity index (χ4v) is 3.13. The number of hydrogen-bond donors (Lipinski definition) is 1. The molecule has 0 aromatic heterocycles. The maximum absolute atomic E-state index is 12.5. The number of nitrogens with zero attached hydrogens (tertiary/aromatic N) is 1. The highest BCUT2D eigenvalue weighted by atomic mass is 19.4. The fourth-order valence-electron chi connectivity index (χ4n) is 3.13. The molecule has 0 spiro atoms. The maximum atomic E-state index is 12.5. The lowest BCUT2D eigenvalue weighted by Gasteiger charge is -2.41. The van der Waals surface area contributed by atoms with E-state index in [-0.39, 0.29) is 12.1 Å². The fraction of sp³-hybridized carbons (Fsp3) is 1.00. The largest absolute Gasteiger partial charge is 0.401 e. The van der Waals surface area contributed by atoms with Gasteiger partial charge in [-0.25, -0.2) is 0 Å². The third kappa shape index (κ3) is 4.76. The van der Waals surface area contributed by atoms with Gasteiger partial charge in [0.05, 0.1) is 6.54 Å². The first-order chi connectivity index (χ1) is 8.37. The molecular weight excluding hydrogens is 241 g/mol. The Morgan fingerprint density at radius 1 is 1.28 bits per heavy atom. The molecule has 0 radical (unpaired) electrons. The average molecular weight is 266 g/mol. The summed E-state index contributed by atoms with van der Waals surface area (Å²) >= 11 is 0. The van der Waals surface area contributed by atoms with E-state index in [2.05, 4.69) is 12.2 Å². The summed E-state index contributed by atoms with van der Waals surface area (Å²) in [4.78, 5) is 1.48. The van der Waals surface area contributed by atoms with E-state index in [0.717, 1.165) is 32.1 Å². The van der Waals surface area contributed by atoms with E-state index in [1.807, 2.05) is 7.05 Å². The lowest BCUT2D eigenvalue weighted by Crippen LogP contribution is -2.53. The normalized spacial score (nSPS) is 29.8. The number of hydrogen-bond acceptors (Lipinski definition) is 2. The van der Waals surface area contributed by atoms with Crippen LogP contribution in [-0.4, -0.2) is 43.8 Å². The van der Waals surface area contributed by atoms with Crippen LogP contribution in [0.2, 0.25) is 0 Å². The van der Waals surface area contributed by atoms with Gasteiger partial charge < -0.3 is 5.32 Å². The van der Waals surface area contributed by atoms with Gasteiger partial charge in [-0.1, -0.05) is 19.8 Å². The molecule has 0 aliphatic heterocycles. The van der Waals surface area contributed by atoms with Crippen LogP contribution in [0.25, 0.3) is 0 Å². The third-order valence-corrected chi connectivity index (χ3v) is 3.99. The summed E-state index contributed by atoms with van der Waals surface area (Å²) in [5.41, 5.74) is 0. The summed E-state index contributed by atoms with van der Waals surface area (Å²) < 4.78 is 37.4. The smallest absolute Gasteiger partial charge is 0.315 e. The summed E-state index contributed by atoms with van der Waals surface area (Å²) in [6.07, 6.45) is 1.14. The zero-order valence-corrected chi connectivity index (χ0v) is 11.6. The first-order valence-corrected chi connectivity index (χ1v) is 6.81. The van der Waals surface area contributed by atoms with Crippen LogP contribution in [0, 0.1) is 5.92 Å². The molecule has 0 amide bonds. The Morgan fingerprint density at radius 2 is 1.94 bits per heavy atom. The molecule has 0 bridgehead atoms. The van der Waals surface area contributed by atoms with Crippen LogP contribution in [0.3, 0.4) is 0 Å². The summed E-state index contributed by atoms with van der Waals surface area (Å²) in [5.74, 6) is 0.584. The molecule has 2 nitrogen and oxygen atoms in total. The zero-order chi connectivity index (χ0) is 13.8. The van der Waals surface area contributed by atoms with Crippen molar-refractivity contribution in [3.8, 4) is 0 Å². The van der Waals surface area contributed by atoms with Gasteiger partial charge in [0.25, 0.3) is 0 Å². The number of likely N-dealkylation sites (N-methyl/N-ethyl adjacent to an activating group) is 2. The maximum Gasteiger partial charge on any atom is 0.401 e. The molecule has 1 aliphatic rings. The van der Waals surface area contributed by atoms with Crippen molar-refractivity contribution in [3.63, 3.8) is 0 Å². The van der Waals surface area contributed by atoms with Crippen LogP contribution in [0.15, 0.2) is 0 Å². The molecule has 1 fully saturated rings. The molecule has 0 heterocycles. The third-order valence-electron chi connectivity index (χ3n) is 3.99. The molecule has 1 rings (SSSR count). The molecule has 0 aromatic rings. The Morgan fingerprint density at radius 3 is 2.44 bits per heavy atom. The second-order valence-corrected chi connectivity index (χ2v) is 5.46. The Kier molecular flexibility index (Phi) is 5.92. The molecule has 1 saturated carbocycles. The molecule has 3 atom stereocenters. The number of rotatable bonds is 5. The van der Waals surface area contributed by atoms with Crippen molar-refractivity contribution in [1.82, 2.24) is 10.2 Å². The summed E-state index contributed by atoms with van der Waals surface area (Å²) in [6, 6.07) is 0.187. The monoisotopic (exact) mass is 266 g/mol. The van der Waals surface area contributed by atoms with Crippen molar-refractivity contribution in [2.75, 3.05) is 20.6 Å².